The molecule has 4 atom stereocenters. The van der Waals surface area contributed by atoms with Gasteiger partial charge in [0.25, 0.3) is 0 Å². The van der Waals surface area contributed by atoms with Crippen molar-refractivity contribution < 1.29 is 14.3 Å². The summed E-state index contributed by atoms with van der Waals surface area (Å²) in [7, 11) is 0. The van der Waals surface area contributed by atoms with Crippen LogP contribution in [0.5, 0.6) is 0 Å². The van der Waals surface area contributed by atoms with Crippen molar-refractivity contribution in [3.05, 3.63) is 77.6 Å². The molecule has 2 aliphatic carbocycles. The fourth-order valence-corrected chi connectivity index (χ4v) is 5.51. The predicted molar refractivity (Wildman–Crippen MR) is 137 cm³/mol. The van der Waals surface area contributed by atoms with Crippen LogP contribution in [0.2, 0.25) is 0 Å². The lowest BCUT2D eigenvalue weighted by Gasteiger charge is -2.40. The number of carbonyl (C=O) groups excluding carboxylic acids is 1. The second-order valence-corrected chi connectivity index (χ2v) is 9.64. The number of aliphatic hydroxyl groups excluding tert-OH is 1. The number of aliphatic imine (C=N–C) groups is 1. The Hall–Kier alpha value is -3.32. The molecule has 35 heavy (non-hydrogen) atoms. The van der Waals surface area contributed by atoms with E-state index in [1.165, 1.54) is 23.9 Å². The number of aliphatic hydroxyl groups is 1. The number of rotatable bonds is 8. The SMILES string of the molecule is CC12CC(C=N)C(=Nc3ccc(F)cc3)C=C1CCC2CC(NC(=O)NCCO)c1ccccc1. The molecule has 4 rings (SSSR count). The molecular weight excluding hydrogens is 443 g/mol. The molecular formula is C28H33FN4O2. The Balaban J connectivity index is 1.58. The fraction of sp³-hybridized carbons (Fsp3) is 0.393. The number of benzene rings is 2. The molecule has 4 unspecified atom stereocenters. The molecule has 0 heterocycles. The molecule has 0 saturated heterocycles. The standard InChI is InChI=1S/C28H33FN4O2/c1-28-17-20(18-30)26(32-24-11-9-23(29)10-12-24)16-22(28)8-7-21(28)15-25(19-5-3-2-4-6-19)33-27(35)31-13-14-34/h2-6,9-12,16,18,20-21,25,30,34H,7-8,13-15,17H2,1H3,(H2,31,33,35). The van der Waals surface area contributed by atoms with E-state index in [-0.39, 0.29) is 42.4 Å². The van der Waals surface area contributed by atoms with E-state index in [0.29, 0.717) is 11.6 Å². The highest BCUT2D eigenvalue weighted by molar-refractivity contribution is 6.07. The number of urea groups is 1. The number of halogens is 1. The molecule has 1 saturated carbocycles. The summed E-state index contributed by atoms with van der Waals surface area (Å²) in [5, 5.41) is 22.9. The first-order chi connectivity index (χ1) is 16.9. The van der Waals surface area contributed by atoms with E-state index in [0.717, 1.165) is 37.0 Å². The Morgan fingerprint density at radius 2 is 2.00 bits per heavy atom. The summed E-state index contributed by atoms with van der Waals surface area (Å²) in [6.07, 6.45) is 7.12. The van der Waals surface area contributed by atoms with E-state index >= 15 is 0 Å². The molecule has 2 amide bonds. The summed E-state index contributed by atoms with van der Waals surface area (Å²) in [6.45, 7) is 2.37. The maximum absolute atomic E-state index is 13.3. The smallest absolute Gasteiger partial charge is 0.315 e. The van der Waals surface area contributed by atoms with Crippen molar-refractivity contribution in [2.75, 3.05) is 13.2 Å². The van der Waals surface area contributed by atoms with E-state index < -0.39 is 0 Å². The van der Waals surface area contributed by atoms with Gasteiger partial charge in [0.1, 0.15) is 5.82 Å². The Morgan fingerprint density at radius 1 is 1.26 bits per heavy atom. The van der Waals surface area contributed by atoms with Gasteiger partial charge in [0.05, 0.1) is 18.3 Å². The number of allylic oxidation sites excluding steroid dienone is 2. The molecule has 7 heteroatoms. The Kier molecular flexibility index (Phi) is 7.76. The van der Waals surface area contributed by atoms with Gasteiger partial charge in [-0.25, -0.2) is 9.18 Å². The van der Waals surface area contributed by atoms with Crippen molar-refractivity contribution in [2.24, 2.45) is 22.2 Å². The molecule has 0 bridgehead atoms. The van der Waals surface area contributed by atoms with E-state index in [1.54, 1.807) is 12.1 Å². The van der Waals surface area contributed by atoms with Gasteiger partial charge in [0, 0.05) is 24.4 Å². The number of hydrogen-bond donors (Lipinski definition) is 4. The number of fused-ring (bicyclic) bond motifs is 1. The summed E-state index contributed by atoms with van der Waals surface area (Å²) in [6, 6.07) is 15.6. The molecule has 2 aromatic carbocycles. The van der Waals surface area contributed by atoms with Crippen LogP contribution in [0.1, 0.15) is 44.2 Å². The number of nitrogens with zero attached hydrogens (tertiary/aromatic N) is 1. The molecule has 0 aromatic heterocycles. The molecule has 0 spiro atoms. The lowest BCUT2D eigenvalue weighted by atomic mass is 9.65. The van der Waals surface area contributed by atoms with Crippen LogP contribution in [-0.4, -0.2) is 36.2 Å². The topological polar surface area (TPSA) is 97.6 Å². The van der Waals surface area contributed by atoms with E-state index in [4.69, 9.17) is 15.5 Å². The lowest BCUT2D eigenvalue weighted by molar-refractivity contribution is 0.203. The molecule has 6 nitrogen and oxygen atoms in total. The molecule has 0 aliphatic heterocycles. The molecule has 0 radical (unpaired) electrons. The van der Waals surface area contributed by atoms with Gasteiger partial charge in [-0.05, 0) is 72.9 Å². The Morgan fingerprint density at radius 3 is 2.69 bits per heavy atom. The summed E-state index contributed by atoms with van der Waals surface area (Å²) in [4.78, 5) is 17.2. The van der Waals surface area contributed by atoms with E-state index in [9.17, 15) is 9.18 Å². The summed E-state index contributed by atoms with van der Waals surface area (Å²) in [5.74, 6) is -0.0882. The second-order valence-electron chi connectivity index (χ2n) is 9.64. The zero-order chi connectivity index (χ0) is 24.8. The summed E-state index contributed by atoms with van der Waals surface area (Å²) < 4.78 is 13.3. The zero-order valence-corrected chi connectivity index (χ0v) is 20.0. The third-order valence-electron chi connectivity index (χ3n) is 7.45. The van der Waals surface area contributed by atoms with Crippen LogP contribution < -0.4 is 10.6 Å². The van der Waals surface area contributed by atoms with Gasteiger partial charge >= 0.3 is 6.03 Å². The van der Waals surface area contributed by atoms with Gasteiger partial charge in [0.2, 0.25) is 0 Å². The summed E-state index contributed by atoms with van der Waals surface area (Å²) >= 11 is 0. The van der Waals surface area contributed by atoms with Crippen molar-refractivity contribution in [3.63, 3.8) is 0 Å². The lowest BCUT2D eigenvalue weighted by Crippen LogP contribution is -2.41. The van der Waals surface area contributed by atoms with E-state index in [1.807, 2.05) is 30.3 Å². The van der Waals surface area contributed by atoms with Crippen molar-refractivity contribution in [2.45, 2.75) is 38.6 Å². The van der Waals surface area contributed by atoms with Crippen LogP contribution in [0.25, 0.3) is 0 Å². The van der Waals surface area contributed by atoms with Gasteiger partial charge in [0.15, 0.2) is 0 Å². The number of nitrogens with one attached hydrogen (secondary N) is 3. The van der Waals surface area contributed by atoms with Crippen molar-refractivity contribution in [1.82, 2.24) is 10.6 Å². The molecule has 184 valence electrons. The van der Waals surface area contributed by atoms with Crippen LogP contribution in [0.15, 0.2) is 71.2 Å². The maximum atomic E-state index is 13.3. The summed E-state index contributed by atoms with van der Waals surface area (Å²) in [5.41, 5.74) is 3.82. The Labute approximate surface area is 205 Å². The van der Waals surface area contributed by atoms with Crippen molar-refractivity contribution in [3.8, 4) is 0 Å². The highest BCUT2D eigenvalue weighted by Gasteiger charge is 2.47. The Bertz CT molecular complexity index is 1100. The van der Waals surface area contributed by atoms with E-state index in [2.05, 4.69) is 23.6 Å². The molecule has 2 aromatic rings. The van der Waals surface area contributed by atoms with Crippen LogP contribution in [0, 0.1) is 28.5 Å². The first-order valence-electron chi connectivity index (χ1n) is 12.2. The quantitative estimate of drug-likeness (QED) is 0.387. The van der Waals surface area contributed by atoms with Gasteiger partial charge in [-0.2, -0.15) is 0 Å². The minimum Gasteiger partial charge on any atom is -0.395 e. The minimum absolute atomic E-state index is 0.0969. The highest BCUT2D eigenvalue weighted by atomic mass is 19.1. The van der Waals surface area contributed by atoms with Gasteiger partial charge in [-0.3, -0.25) is 4.99 Å². The molecule has 1 fully saturated rings. The molecule has 4 N–H and O–H groups in total. The normalized spacial score (nSPS) is 25.5. The second kappa shape index (κ2) is 11.0. The van der Waals surface area contributed by atoms with Crippen LogP contribution >= 0.6 is 0 Å². The maximum Gasteiger partial charge on any atom is 0.315 e. The number of hydrogen-bond acceptors (Lipinski definition) is 4. The van der Waals surface area contributed by atoms with Crippen LogP contribution in [0.4, 0.5) is 14.9 Å². The largest absolute Gasteiger partial charge is 0.395 e. The molecule has 2 aliphatic rings. The monoisotopic (exact) mass is 476 g/mol. The third-order valence-corrected chi connectivity index (χ3v) is 7.45. The first-order valence-corrected chi connectivity index (χ1v) is 12.2. The number of carbonyl (C=O) groups is 1. The predicted octanol–water partition coefficient (Wildman–Crippen LogP) is 5.33. The van der Waals surface area contributed by atoms with Crippen LogP contribution in [0.3, 0.4) is 0 Å². The average Bonchev–Trinajstić information content (AvgIpc) is 3.18. The van der Waals surface area contributed by atoms with Gasteiger partial charge in [-0.15, -0.1) is 0 Å². The highest BCUT2D eigenvalue weighted by Crippen LogP contribution is 2.56. The first kappa shape index (κ1) is 24.8. The van der Waals surface area contributed by atoms with Gasteiger partial charge < -0.3 is 21.1 Å². The third kappa shape index (κ3) is 5.68. The average molecular weight is 477 g/mol. The number of amides is 2. The van der Waals surface area contributed by atoms with Gasteiger partial charge in [-0.1, -0.05) is 42.8 Å². The zero-order valence-electron chi connectivity index (χ0n) is 20.0. The van der Waals surface area contributed by atoms with Crippen molar-refractivity contribution in [1.29, 1.82) is 5.41 Å². The fourth-order valence-electron chi connectivity index (χ4n) is 5.51. The van der Waals surface area contributed by atoms with Crippen molar-refractivity contribution >= 4 is 23.6 Å². The van der Waals surface area contributed by atoms with Crippen LogP contribution in [-0.2, 0) is 0 Å². The minimum atomic E-state index is -0.294.